The summed E-state index contributed by atoms with van der Waals surface area (Å²) in [5.74, 6) is 0.716. The highest BCUT2D eigenvalue weighted by Crippen LogP contribution is 2.15. The van der Waals surface area contributed by atoms with Crippen LogP contribution in [0.2, 0.25) is 0 Å². The molecular weight excluding hydrogens is 222 g/mol. The van der Waals surface area contributed by atoms with E-state index in [0.717, 1.165) is 4.90 Å². The summed E-state index contributed by atoms with van der Waals surface area (Å²) in [6.45, 7) is 2.47. The van der Waals surface area contributed by atoms with E-state index in [4.69, 9.17) is 10.5 Å². The molecule has 0 atom stereocenters. The fraction of sp³-hybridized carbons (Fsp3) is 0.273. The number of nitrogens with zero attached hydrogens (tertiary/aromatic N) is 1. The van der Waals surface area contributed by atoms with E-state index in [1.54, 1.807) is 24.3 Å². The van der Waals surface area contributed by atoms with E-state index in [2.05, 4.69) is 5.32 Å². The number of anilines is 1. The molecule has 0 radical (unpaired) electrons. The zero-order valence-electron chi connectivity index (χ0n) is 9.77. The van der Waals surface area contributed by atoms with Crippen molar-refractivity contribution in [3.63, 3.8) is 0 Å². The van der Waals surface area contributed by atoms with Crippen molar-refractivity contribution in [1.29, 1.82) is 0 Å². The summed E-state index contributed by atoms with van der Waals surface area (Å²) in [5, 5.41) is 2.52. The van der Waals surface area contributed by atoms with Gasteiger partial charge in [-0.15, -0.1) is 0 Å². The molecule has 0 aliphatic rings. The third-order valence-corrected chi connectivity index (χ3v) is 2.05. The van der Waals surface area contributed by atoms with Crippen LogP contribution < -0.4 is 15.8 Å². The van der Waals surface area contributed by atoms with Gasteiger partial charge in [-0.3, -0.25) is 0 Å². The van der Waals surface area contributed by atoms with E-state index in [-0.39, 0.29) is 0 Å². The zero-order chi connectivity index (χ0) is 12.8. The predicted molar refractivity (Wildman–Crippen MR) is 64.0 cm³/mol. The van der Waals surface area contributed by atoms with Gasteiger partial charge in [0.05, 0.1) is 6.61 Å². The molecule has 3 N–H and O–H groups in total. The van der Waals surface area contributed by atoms with E-state index in [0.29, 0.717) is 18.0 Å². The van der Waals surface area contributed by atoms with Gasteiger partial charge in [0.2, 0.25) is 0 Å². The molecule has 1 rings (SSSR count). The molecule has 0 heterocycles. The molecule has 0 fully saturated rings. The van der Waals surface area contributed by atoms with Crippen LogP contribution in [-0.4, -0.2) is 30.6 Å². The molecule has 0 saturated carbocycles. The van der Waals surface area contributed by atoms with E-state index < -0.39 is 12.1 Å². The number of nitrogens with two attached hydrogens (primary N) is 1. The predicted octanol–water partition coefficient (Wildman–Crippen LogP) is 1.63. The summed E-state index contributed by atoms with van der Waals surface area (Å²) < 4.78 is 5.25. The smallest absolute Gasteiger partial charge is 0.329 e. The molecule has 92 valence electrons. The Kier molecular flexibility index (Phi) is 4.33. The van der Waals surface area contributed by atoms with Crippen molar-refractivity contribution >= 4 is 17.7 Å². The van der Waals surface area contributed by atoms with Gasteiger partial charge in [-0.05, 0) is 31.2 Å². The lowest BCUT2D eigenvalue weighted by Crippen LogP contribution is -2.40. The van der Waals surface area contributed by atoms with Crippen LogP contribution in [0.3, 0.4) is 0 Å². The molecule has 0 aromatic heterocycles. The summed E-state index contributed by atoms with van der Waals surface area (Å²) in [5.41, 5.74) is 5.52. The second-order valence-corrected chi connectivity index (χ2v) is 3.28. The Hall–Kier alpha value is -2.24. The van der Waals surface area contributed by atoms with Gasteiger partial charge in [-0.1, -0.05) is 0 Å². The van der Waals surface area contributed by atoms with Gasteiger partial charge in [0, 0.05) is 12.7 Å². The highest BCUT2D eigenvalue weighted by molar-refractivity contribution is 5.99. The van der Waals surface area contributed by atoms with Gasteiger partial charge in [0.25, 0.3) is 0 Å². The maximum atomic E-state index is 11.4. The van der Waals surface area contributed by atoms with E-state index >= 15 is 0 Å². The molecule has 0 saturated heterocycles. The number of imide groups is 1. The van der Waals surface area contributed by atoms with Crippen LogP contribution in [0.25, 0.3) is 0 Å². The number of urea groups is 2. The molecule has 0 spiro atoms. The van der Waals surface area contributed by atoms with Gasteiger partial charge in [0.15, 0.2) is 0 Å². The van der Waals surface area contributed by atoms with Crippen molar-refractivity contribution in [2.45, 2.75) is 6.92 Å². The third kappa shape index (κ3) is 3.67. The number of nitrogens with one attached hydrogen (secondary N) is 1. The van der Waals surface area contributed by atoms with Crippen LogP contribution in [0.5, 0.6) is 5.75 Å². The Balaban J connectivity index is 2.63. The minimum atomic E-state index is -0.812. The van der Waals surface area contributed by atoms with Crippen molar-refractivity contribution < 1.29 is 14.3 Å². The average Bonchev–Trinajstić information content (AvgIpc) is 2.30. The van der Waals surface area contributed by atoms with Gasteiger partial charge in [-0.2, -0.15) is 0 Å². The molecule has 0 unspecified atom stereocenters. The van der Waals surface area contributed by atoms with Gasteiger partial charge in [-0.25, -0.2) is 14.5 Å². The van der Waals surface area contributed by atoms with Crippen molar-refractivity contribution in [2.24, 2.45) is 5.73 Å². The number of rotatable bonds is 3. The highest BCUT2D eigenvalue weighted by Gasteiger charge is 2.12. The Morgan fingerprint density at radius 1 is 1.35 bits per heavy atom. The number of hydrogen-bond acceptors (Lipinski definition) is 3. The average molecular weight is 237 g/mol. The first-order chi connectivity index (χ1) is 8.04. The maximum Gasteiger partial charge on any atom is 0.329 e. The number of carbonyl (C=O) groups is 2. The standard InChI is InChI=1S/C11H15N3O3/c1-3-17-9-6-4-8(5-7-9)13-11(16)14(2)10(12)15/h4-7H,3H2,1-2H3,(H2,12,15)(H,13,16). The molecule has 6 heteroatoms. The quantitative estimate of drug-likeness (QED) is 0.837. The topological polar surface area (TPSA) is 84.7 Å². The van der Waals surface area contributed by atoms with E-state index in [9.17, 15) is 9.59 Å². The van der Waals surface area contributed by atoms with Gasteiger partial charge in [0.1, 0.15) is 5.75 Å². The SMILES string of the molecule is CCOc1ccc(NC(=O)N(C)C(N)=O)cc1. The van der Waals surface area contributed by atoms with E-state index in [1.807, 2.05) is 6.92 Å². The van der Waals surface area contributed by atoms with Crippen molar-refractivity contribution in [1.82, 2.24) is 4.90 Å². The fourth-order valence-corrected chi connectivity index (χ4v) is 1.11. The Morgan fingerprint density at radius 3 is 2.41 bits per heavy atom. The maximum absolute atomic E-state index is 11.4. The number of benzene rings is 1. The molecule has 0 aliphatic carbocycles. The van der Waals surface area contributed by atoms with Crippen LogP contribution in [0.1, 0.15) is 6.92 Å². The summed E-state index contributed by atoms with van der Waals surface area (Å²) in [7, 11) is 1.30. The normalized spacial score (nSPS) is 9.53. The monoisotopic (exact) mass is 237 g/mol. The van der Waals surface area contributed by atoms with Crippen molar-refractivity contribution in [2.75, 3.05) is 19.0 Å². The Bertz CT molecular complexity index is 403. The molecule has 4 amide bonds. The van der Waals surface area contributed by atoms with Gasteiger partial charge >= 0.3 is 12.1 Å². The van der Waals surface area contributed by atoms with Gasteiger partial charge < -0.3 is 15.8 Å². The van der Waals surface area contributed by atoms with E-state index in [1.165, 1.54) is 7.05 Å². The van der Waals surface area contributed by atoms with Crippen LogP contribution in [0.4, 0.5) is 15.3 Å². The second kappa shape index (κ2) is 5.74. The molecular formula is C11H15N3O3. The number of carbonyl (C=O) groups excluding carboxylic acids is 2. The minimum absolute atomic E-state index is 0.562. The number of ether oxygens (including phenoxy) is 1. The Morgan fingerprint density at radius 2 is 1.94 bits per heavy atom. The summed E-state index contributed by atoms with van der Waals surface area (Å²) in [6.07, 6.45) is 0. The number of primary amides is 1. The van der Waals surface area contributed by atoms with Crippen LogP contribution in [0, 0.1) is 0 Å². The molecule has 1 aromatic rings. The number of amides is 4. The van der Waals surface area contributed by atoms with Crippen molar-refractivity contribution in [3.8, 4) is 5.75 Å². The molecule has 0 aliphatic heterocycles. The molecule has 1 aromatic carbocycles. The largest absolute Gasteiger partial charge is 0.494 e. The van der Waals surface area contributed by atoms with Crippen LogP contribution in [0.15, 0.2) is 24.3 Å². The first kappa shape index (κ1) is 12.8. The lowest BCUT2D eigenvalue weighted by atomic mass is 10.3. The first-order valence-electron chi connectivity index (χ1n) is 5.11. The molecule has 17 heavy (non-hydrogen) atoms. The summed E-state index contributed by atoms with van der Waals surface area (Å²) in [6, 6.07) is 5.41. The first-order valence-corrected chi connectivity index (χ1v) is 5.11. The number of hydrogen-bond donors (Lipinski definition) is 2. The minimum Gasteiger partial charge on any atom is -0.494 e. The highest BCUT2D eigenvalue weighted by atomic mass is 16.5. The molecule has 0 bridgehead atoms. The lowest BCUT2D eigenvalue weighted by Gasteiger charge is -2.13. The zero-order valence-corrected chi connectivity index (χ0v) is 9.77. The van der Waals surface area contributed by atoms with Crippen LogP contribution in [-0.2, 0) is 0 Å². The lowest BCUT2D eigenvalue weighted by molar-refractivity contribution is 0.208. The third-order valence-electron chi connectivity index (χ3n) is 2.05. The summed E-state index contributed by atoms with van der Waals surface area (Å²) in [4.78, 5) is 23.0. The fourth-order valence-electron chi connectivity index (χ4n) is 1.11. The van der Waals surface area contributed by atoms with Crippen LogP contribution >= 0.6 is 0 Å². The summed E-state index contributed by atoms with van der Waals surface area (Å²) >= 11 is 0. The van der Waals surface area contributed by atoms with Crippen molar-refractivity contribution in [3.05, 3.63) is 24.3 Å². The second-order valence-electron chi connectivity index (χ2n) is 3.28. The Labute approximate surface area is 99.3 Å². The molecule has 6 nitrogen and oxygen atoms in total.